The summed E-state index contributed by atoms with van der Waals surface area (Å²) in [4.78, 5) is 11.8. The van der Waals surface area contributed by atoms with E-state index in [4.69, 9.17) is 4.74 Å². The molecule has 1 fully saturated rings. The van der Waals surface area contributed by atoms with Crippen molar-refractivity contribution in [3.05, 3.63) is 35.4 Å². The topological polar surface area (TPSA) is 50.4 Å². The van der Waals surface area contributed by atoms with Gasteiger partial charge in [0.05, 0.1) is 6.61 Å². The summed E-state index contributed by atoms with van der Waals surface area (Å²) in [6, 6.07) is 8.29. The lowest BCUT2D eigenvalue weighted by Gasteiger charge is -2.14. The van der Waals surface area contributed by atoms with Crippen molar-refractivity contribution in [2.45, 2.75) is 44.9 Å². The minimum Gasteiger partial charge on any atom is -0.380 e. The van der Waals surface area contributed by atoms with Crippen molar-refractivity contribution in [2.75, 3.05) is 7.11 Å². The third-order valence-electron chi connectivity index (χ3n) is 3.55. The van der Waals surface area contributed by atoms with E-state index in [1.807, 2.05) is 24.3 Å². The molecule has 104 valence electrons. The molecule has 2 N–H and O–H groups in total. The Kier molecular flexibility index (Phi) is 5.21. The fourth-order valence-corrected chi connectivity index (χ4v) is 2.51. The SMILES string of the molecule is COCc1ccccc1CNC(=O)NC1CCCC1. The van der Waals surface area contributed by atoms with Crippen LogP contribution >= 0.6 is 0 Å². The van der Waals surface area contributed by atoms with Gasteiger partial charge >= 0.3 is 6.03 Å². The zero-order valence-corrected chi connectivity index (χ0v) is 11.4. The van der Waals surface area contributed by atoms with Gasteiger partial charge in [-0.3, -0.25) is 0 Å². The number of rotatable bonds is 5. The van der Waals surface area contributed by atoms with Crippen LogP contribution in [0, 0.1) is 0 Å². The highest BCUT2D eigenvalue weighted by molar-refractivity contribution is 5.74. The normalized spacial score (nSPS) is 15.4. The Morgan fingerprint density at radius 1 is 1.26 bits per heavy atom. The minimum absolute atomic E-state index is 0.0703. The first-order valence-electron chi connectivity index (χ1n) is 6.89. The van der Waals surface area contributed by atoms with Gasteiger partial charge in [-0.15, -0.1) is 0 Å². The van der Waals surface area contributed by atoms with Crippen molar-refractivity contribution in [3.8, 4) is 0 Å². The van der Waals surface area contributed by atoms with Crippen LogP contribution < -0.4 is 10.6 Å². The quantitative estimate of drug-likeness (QED) is 0.857. The summed E-state index contributed by atoms with van der Waals surface area (Å²) in [7, 11) is 1.68. The molecule has 1 aromatic carbocycles. The van der Waals surface area contributed by atoms with Crippen molar-refractivity contribution in [3.63, 3.8) is 0 Å². The second-order valence-corrected chi connectivity index (χ2v) is 5.01. The summed E-state index contributed by atoms with van der Waals surface area (Å²) in [5.74, 6) is 0. The van der Waals surface area contributed by atoms with E-state index in [1.165, 1.54) is 12.8 Å². The van der Waals surface area contributed by atoms with Gasteiger partial charge in [0.1, 0.15) is 0 Å². The predicted molar refractivity (Wildman–Crippen MR) is 74.8 cm³/mol. The number of urea groups is 1. The Morgan fingerprint density at radius 3 is 2.63 bits per heavy atom. The second kappa shape index (κ2) is 7.14. The maximum absolute atomic E-state index is 11.8. The Balaban J connectivity index is 1.82. The molecular formula is C15H22N2O2. The highest BCUT2D eigenvalue weighted by atomic mass is 16.5. The van der Waals surface area contributed by atoms with E-state index in [2.05, 4.69) is 10.6 Å². The zero-order chi connectivity index (χ0) is 13.5. The van der Waals surface area contributed by atoms with Gasteiger partial charge in [-0.1, -0.05) is 37.1 Å². The Morgan fingerprint density at radius 2 is 1.95 bits per heavy atom. The smallest absolute Gasteiger partial charge is 0.315 e. The lowest BCUT2D eigenvalue weighted by molar-refractivity contribution is 0.184. The second-order valence-electron chi connectivity index (χ2n) is 5.01. The summed E-state index contributed by atoms with van der Waals surface area (Å²) in [5.41, 5.74) is 2.22. The van der Waals surface area contributed by atoms with Crippen molar-refractivity contribution >= 4 is 6.03 Å². The van der Waals surface area contributed by atoms with Crippen LogP contribution in [0.3, 0.4) is 0 Å². The number of methoxy groups -OCH3 is 1. The fourth-order valence-electron chi connectivity index (χ4n) is 2.51. The van der Waals surface area contributed by atoms with Gasteiger partial charge in [0.2, 0.25) is 0 Å². The summed E-state index contributed by atoms with van der Waals surface area (Å²) in [6.45, 7) is 1.11. The molecule has 0 heterocycles. The average molecular weight is 262 g/mol. The molecule has 1 aromatic rings. The van der Waals surface area contributed by atoms with Crippen LogP contribution in [0.2, 0.25) is 0 Å². The minimum atomic E-state index is -0.0703. The fraction of sp³-hybridized carbons (Fsp3) is 0.533. The van der Waals surface area contributed by atoms with E-state index < -0.39 is 0 Å². The van der Waals surface area contributed by atoms with E-state index in [-0.39, 0.29) is 6.03 Å². The monoisotopic (exact) mass is 262 g/mol. The molecule has 4 nitrogen and oxygen atoms in total. The van der Waals surface area contributed by atoms with E-state index in [0.717, 1.165) is 24.0 Å². The molecule has 0 radical (unpaired) electrons. The van der Waals surface area contributed by atoms with E-state index in [1.54, 1.807) is 7.11 Å². The third kappa shape index (κ3) is 4.24. The van der Waals surface area contributed by atoms with Gasteiger partial charge in [-0.2, -0.15) is 0 Å². The molecule has 1 aliphatic rings. The van der Waals surface area contributed by atoms with E-state index in [0.29, 0.717) is 19.2 Å². The Labute approximate surface area is 114 Å². The van der Waals surface area contributed by atoms with Crippen LogP contribution in [0.25, 0.3) is 0 Å². The molecule has 0 aliphatic heterocycles. The molecule has 0 unspecified atom stereocenters. The molecule has 0 saturated heterocycles. The van der Waals surface area contributed by atoms with Crippen LogP contribution in [0.5, 0.6) is 0 Å². The maximum Gasteiger partial charge on any atom is 0.315 e. The Hall–Kier alpha value is -1.55. The molecule has 1 aliphatic carbocycles. The van der Waals surface area contributed by atoms with Crippen LogP contribution in [0.1, 0.15) is 36.8 Å². The lowest BCUT2D eigenvalue weighted by Crippen LogP contribution is -2.40. The first-order chi connectivity index (χ1) is 9.29. The highest BCUT2D eigenvalue weighted by Crippen LogP contribution is 2.17. The third-order valence-corrected chi connectivity index (χ3v) is 3.55. The molecule has 0 atom stereocenters. The molecule has 0 aromatic heterocycles. The van der Waals surface area contributed by atoms with Crippen LogP contribution in [-0.4, -0.2) is 19.2 Å². The van der Waals surface area contributed by atoms with Crippen molar-refractivity contribution in [2.24, 2.45) is 0 Å². The highest BCUT2D eigenvalue weighted by Gasteiger charge is 2.16. The molecular weight excluding hydrogens is 240 g/mol. The Bertz CT molecular complexity index is 414. The molecule has 0 bridgehead atoms. The number of amides is 2. The first-order valence-corrected chi connectivity index (χ1v) is 6.89. The summed E-state index contributed by atoms with van der Waals surface area (Å²) < 4.78 is 5.15. The molecule has 0 spiro atoms. The number of carbonyl (C=O) groups excluding carboxylic acids is 1. The van der Waals surface area contributed by atoms with Gasteiger partial charge in [0.15, 0.2) is 0 Å². The standard InChI is InChI=1S/C15H22N2O2/c1-19-11-13-7-3-2-6-12(13)10-16-15(18)17-14-8-4-5-9-14/h2-3,6-7,14H,4-5,8-11H2,1H3,(H2,16,17,18). The molecule has 2 amide bonds. The summed E-state index contributed by atoms with van der Waals surface area (Å²) in [5, 5.41) is 5.94. The number of hydrogen-bond acceptors (Lipinski definition) is 2. The number of hydrogen-bond donors (Lipinski definition) is 2. The van der Waals surface area contributed by atoms with Gasteiger partial charge in [-0.25, -0.2) is 4.79 Å². The number of nitrogens with one attached hydrogen (secondary N) is 2. The molecule has 19 heavy (non-hydrogen) atoms. The largest absolute Gasteiger partial charge is 0.380 e. The predicted octanol–water partition coefficient (Wildman–Crippen LogP) is 2.57. The lowest BCUT2D eigenvalue weighted by atomic mass is 10.1. The summed E-state index contributed by atoms with van der Waals surface area (Å²) in [6.07, 6.45) is 4.66. The maximum atomic E-state index is 11.8. The first kappa shape index (κ1) is 13.9. The van der Waals surface area contributed by atoms with E-state index in [9.17, 15) is 4.79 Å². The zero-order valence-electron chi connectivity index (χ0n) is 11.4. The van der Waals surface area contributed by atoms with Gasteiger partial charge < -0.3 is 15.4 Å². The molecule has 1 saturated carbocycles. The van der Waals surface area contributed by atoms with Crippen molar-refractivity contribution in [1.29, 1.82) is 0 Å². The van der Waals surface area contributed by atoms with Crippen LogP contribution in [0.4, 0.5) is 4.79 Å². The van der Waals surface area contributed by atoms with Gasteiger partial charge in [0, 0.05) is 19.7 Å². The van der Waals surface area contributed by atoms with Crippen molar-refractivity contribution in [1.82, 2.24) is 10.6 Å². The van der Waals surface area contributed by atoms with Gasteiger partial charge in [0.25, 0.3) is 0 Å². The number of ether oxygens (including phenoxy) is 1. The average Bonchev–Trinajstić information content (AvgIpc) is 2.91. The number of carbonyl (C=O) groups is 1. The van der Waals surface area contributed by atoms with Gasteiger partial charge in [-0.05, 0) is 24.0 Å². The van der Waals surface area contributed by atoms with E-state index >= 15 is 0 Å². The van der Waals surface area contributed by atoms with Crippen LogP contribution in [0.15, 0.2) is 24.3 Å². The molecule has 2 rings (SSSR count). The van der Waals surface area contributed by atoms with Crippen LogP contribution in [-0.2, 0) is 17.9 Å². The summed E-state index contributed by atoms with van der Waals surface area (Å²) >= 11 is 0. The molecule has 4 heteroatoms. The van der Waals surface area contributed by atoms with Crippen molar-refractivity contribution < 1.29 is 9.53 Å². The number of benzene rings is 1.